The highest BCUT2D eigenvalue weighted by atomic mass is 32.2. The lowest BCUT2D eigenvalue weighted by molar-refractivity contribution is 0.420. The van der Waals surface area contributed by atoms with Crippen LogP contribution in [0, 0.1) is 0 Å². The molecule has 0 radical (unpaired) electrons. The molecule has 1 aromatic heterocycles. The molecule has 2 atom stereocenters. The fraction of sp³-hybridized carbons (Fsp3) is 0.714. The third-order valence-electron chi connectivity index (χ3n) is 3.59. The predicted molar refractivity (Wildman–Crippen MR) is 74.3 cm³/mol. The molecule has 1 saturated carbocycles. The zero-order valence-corrected chi connectivity index (χ0v) is 11.5. The van der Waals surface area contributed by atoms with Gasteiger partial charge in [-0.25, -0.2) is 0 Å². The van der Waals surface area contributed by atoms with E-state index in [-0.39, 0.29) is 0 Å². The predicted octanol–water partition coefficient (Wildman–Crippen LogP) is 3.82. The summed E-state index contributed by atoms with van der Waals surface area (Å²) >= 11 is 2.05. The van der Waals surface area contributed by atoms with Crippen LogP contribution in [-0.4, -0.2) is 18.3 Å². The lowest BCUT2D eigenvalue weighted by Crippen LogP contribution is -2.36. The monoisotopic (exact) mass is 253 g/mol. The third kappa shape index (κ3) is 4.07. The molecule has 2 unspecified atom stereocenters. The summed E-state index contributed by atoms with van der Waals surface area (Å²) in [6.07, 6.45) is 10.0. The maximum Gasteiger partial charge on any atom is 0.113 e. The average Bonchev–Trinajstić information content (AvgIpc) is 2.81. The fourth-order valence-electron chi connectivity index (χ4n) is 2.56. The SMILES string of the molecule is CNC1CCCCCCC1SCc1ccco1. The molecular formula is C14H23NOS. The van der Waals surface area contributed by atoms with E-state index in [0.717, 1.165) is 16.8 Å². The summed E-state index contributed by atoms with van der Waals surface area (Å²) in [6, 6.07) is 4.73. The van der Waals surface area contributed by atoms with E-state index in [0.29, 0.717) is 6.04 Å². The van der Waals surface area contributed by atoms with Gasteiger partial charge in [0.25, 0.3) is 0 Å². The van der Waals surface area contributed by atoms with Gasteiger partial charge in [-0.1, -0.05) is 25.7 Å². The molecule has 1 N–H and O–H groups in total. The van der Waals surface area contributed by atoms with Crippen molar-refractivity contribution < 1.29 is 4.42 Å². The summed E-state index contributed by atoms with van der Waals surface area (Å²) in [6.45, 7) is 0. The Morgan fingerprint density at radius 2 is 2.12 bits per heavy atom. The number of rotatable bonds is 4. The smallest absolute Gasteiger partial charge is 0.113 e. The second kappa shape index (κ2) is 7.12. The minimum Gasteiger partial charge on any atom is -0.468 e. The maximum atomic E-state index is 5.41. The van der Waals surface area contributed by atoms with Crippen LogP contribution in [0.3, 0.4) is 0 Å². The normalized spacial score (nSPS) is 26.4. The fourth-order valence-corrected chi connectivity index (χ4v) is 3.94. The molecule has 1 aliphatic rings. The van der Waals surface area contributed by atoms with Crippen molar-refractivity contribution in [3.8, 4) is 0 Å². The number of hydrogen-bond acceptors (Lipinski definition) is 3. The van der Waals surface area contributed by atoms with Crippen LogP contribution in [0.4, 0.5) is 0 Å². The van der Waals surface area contributed by atoms with Crippen LogP contribution in [0.5, 0.6) is 0 Å². The molecule has 2 rings (SSSR count). The minimum atomic E-state index is 0.676. The van der Waals surface area contributed by atoms with Gasteiger partial charge in [0.05, 0.1) is 12.0 Å². The Hall–Kier alpha value is -0.410. The van der Waals surface area contributed by atoms with Crippen LogP contribution in [0.25, 0.3) is 0 Å². The number of thioether (sulfide) groups is 1. The molecule has 0 aliphatic heterocycles. The van der Waals surface area contributed by atoms with Crippen molar-refractivity contribution in [2.24, 2.45) is 0 Å². The summed E-state index contributed by atoms with van der Waals surface area (Å²) in [5, 5.41) is 4.24. The molecule has 2 nitrogen and oxygen atoms in total. The maximum absolute atomic E-state index is 5.41. The first kappa shape index (κ1) is 13.0. The van der Waals surface area contributed by atoms with Gasteiger partial charge >= 0.3 is 0 Å². The lowest BCUT2D eigenvalue weighted by atomic mass is 9.96. The zero-order valence-electron chi connectivity index (χ0n) is 10.7. The van der Waals surface area contributed by atoms with E-state index in [2.05, 4.69) is 30.2 Å². The van der Waals surface area contributed by atoms with Crippen molar-refractivity contribution in [1.82, 2.24) is 5.32 Å². The van der Waals surface area contributed by atoms with E-state index in [1.165, 1.54) is 38.5 Å². The van der Waals surface area contributed by atoms with Crippen molar-refractivity contribution in [3.63, 3.8) is 0 Å². The Labute approximate surface area is 109 Å². The van der Waals surface area contributed by atoms with E-state index in [4.69, 9.17) is 4.42 Å². The molecule has 96 valence electrons. The molecule has 17 heavy (non-hydrogen) atoms. The van der Waals surface area contributed by atoms with Crippen LogP contribution in [0.1, 0.15) is 44.3 Å². The summed E-state index contributed by atoms with van der Waals surface area (Å²) in [5.41, 5.74) is 0. The van der Waals surface area contributed by atoms with Gasteiger partial charge in [-0.15, -0.1) is 11.8 Å². The number of hydrogen-bond donors (Lipinski definition) is 1. The van der Waals surface area contributed by atoms with Crippen LogP contribution in [0.2, 0.25) is 0 Å². The molecule has 0 spiro atoms. The van der Waals surface area contributed by atoms with Crippen LogP contribution >= 0.6 is 11.8 Å². The van der Waals surface area contributed by atoms with E-state index in [9.17, 15) is 0 Å². The van der Waals surface area contributed by atoms with E-state index in [1.54, 1.807) is 6.26 Å². The summed E-state index contributed by atoms with van der Waals surface area (Å²) in [5.74, 6) is 2.11. The van der Waals surface area contributed by atoms with Gasteiger partial charge in [0.1, 0.15) is 5.76 Å². The minimum absolute atomic E-state index is 0.676. The first-order valence-corrected chi connectivity index (χ1v) is 7.76. The highest BCUT2D eigenvalue weighted by Crippen LogP contribution is 2.29. The molecule has 3 heteroatoms. The summed E-state index contributed by atoms with van der Waals surface area (Å²) < 4.78 is 5.41. The molecule has 1 heterocycles. The van der Waals surface area contributed by atoms with Gasteiger partial charge < -0.3 is 9.73 Å². The molecule has 0 aromatic carbocycles. The number of nitrogens with one attached hydrogen (secondary N) is 1. The molecule has 0 bridgehead atoms. The van der Waals surface area contributed by atoms with E-state index >= 15 is 0 Å². The Kier molecular flexibility index (Phi) is 5.46. The summed E-state index contributed by atoms with van der Waals surface area (Å²) in [7, 11) is 2.10. The number of furan rings is 1. The molecule has 0 saturated heterocycles. The van der Waals surface area contributed by atoms with Crippen molar-refractivity contribution >= 4 is 11.8 Å². The van der Waals surface area contributed by atoms with Gasteiger partial charge in [-0.05, 0) is 32.0 Å². The van der Waals surface area contributed by atoms with Gasteiger partial charge in [-0.3, -0.25) is 0 Å². The molecule has 1 aliphatic carbocycles. The Balaban J connectivity index is 1.85. The Morgan fingerprint density at radius 3 is 2.82 bits per heavy atom. The summed E-state index contributed by atoms with van der Waals surface area (Å²) in [4.78, 5) is 0. The molecule has 1 fully saturated rings. The van der Waals surface area contributed by atoms with Crippen molar-refractivity contribution in [1.29, 1.82) is 0 Å². The Morgan fingerprint density at radius 1 is 1.29 bits per heavy atom. The molecule has 0 amide bonds. The molecular weight excluding hydrogens is 230 g/mol. The van der Waals surface area contributed by atoms with Crippen LogP contribution < -0.4 is 5.32 Å². The zero-order chi connectivity index (χ0) is 11.9. The van der Waals surface area contributed by atoms with Gasteiger partial charge in [-0.2, -0.15) is 0 Å². The Bertz CT molecular complexity index is 299. The van der Waals surface area contributed by atoms with E-state index in [1.807, 2.05) is 6.07 Å². The first-order chi connectivity index (χ1) is 8.40. The van der Waals surface area contributed by atoms with Crippen molar-refractivity contribution in [3.05, 3.63) is 24.2 Å². The standard InChI is InChI=1S/C14H23NOS/c1-15-13-8-4-2-3-5-9-14(13)17-11-12-7-6-10-16-12/h6-7,10,13-15H,2-5,8-9,11H2,1H3. The van der Waals surface area contributed by atoms with E-state index < -0.39 is 0 Å². The quantitative estimate of drug-likeness (QED) is 0.883. The second-order valence-electron chi connectivity index (χ2n) is 4.82. The molecule has 1 aromatic rings. The average molecular weight is 253 g/mol. The van der Waals surface area contributed by atoms with Crippen molar-refractivity contribution in [2.75, 3.05) is 7.05 Å². The highest BCUT2D eigenvalue weighted by molar-refractivity contribution is 7.99. The van der Waals surface area contributed by atoms with Gasteiger partial charge in [0, 0.05) is 11.3 Å². The lowest BCUT2D eigenvalue weighted by Gasteiger charge is -2.28. The second-order valence-corrected chi connectivity index (χ2v) is 6.04. The highest BCUT2D eigenvalue weighted by Gasteiger charge is 2.21. The largest absolute Gasteiger partial charge is 0.468 e. The van der Waals surface area contributed by atoms with Gasteiger partial charge in [0.15, 0.2) is 0 Å². The first-order valence-electron chi connectivity index (χ1n) is 6.71. The van der Waals surface area contributed by atoms with Crippen LogP contribution in [-0.2, 0) is 5.75 Å². The van der Waals surface area contributed by atoms with Gasteiger partial charge in [0.2, 0.25) is 0 Å². The third-order valence-corrected chi connectivity index (χ3v) is 5.04. The van der Waals surface area contributed by atoms with Crippen LogP contribution in [0.15, 0.2) is 22.8 Å². The van der Waals surface area contributed by atoms with Crippen molar-refractivity contribution in [2.45, 2.75) is 55.6 Å². The topological polar surface area (TPSA) is 25.2 Å².